The minimum Gasteiger partial charge on any atom is -0.507 e. The lowest BCUT2D eigenvalue weighted by Gasteiger charge is -2.11. The predicted octanol–water partition coefficient (Wildman–Crippen LogP) is 1.65. The van der Waals surface area contributed by atoms with E-state index in [0.29, 0.717) is 24.7 Å². The van der Waals surface area contributed by atoms with Gasteiger partial charge in [-0.3, -0.25) is 4.79 Å². The summed E-state index contributed by atoms with van der Waals surface area (Å²) in [7, 11) is 1.57. The average Bonchev–Trinajstić information content (AvgIpc) is 2.47. The molecule has 0 aliphatic heterocycles. The van der Waals surface area contributed by atoms with Gasteiger partial charge in [-0.1, -0.05) is 6.07 Å². The van der Waals surface area contributed by atoms with Crippen LogP contribution in [-0.2, 0) is 11.3 Å². The molecular weight excluding hydrogens is 270 g/mol. The van der Waals surface area contributed by atoms with Crippen LogP contribution in [0.1, 0.15) is 11.3 Å². The Morgan fingerprint density at radius 3 is 2.95 bits per heavy atom. The SMILES string of the molecule is COCCn1c(C)cc(O)c(/C=N/c2ccccn2)c1=O. The van der Waals surface area contributed by atoms with Gasteiger partial charge in [0.2, 0.25) is 0 Å². The summed E-state index contributed by atoms with van der Waals surface area (Å²) < 4.78 is 6.53. The molecule has 0 spiro atoms. The number of hydrogen-bond acceptors (Lipinski definition) is 5. The van der Waals surface area contributed by atoms with E-state index in [1.807, 2.05) is 0 Å². The highest BCUT2D eigenvalue weighted by molar-refractivity contribution is 5.84. The number of hydrogen-bond donors (Lipinski definition) is 1. The molecule has 2 heterocycles. The van der Waals surface area contributed by atoms with Gasteiger partial charge >= 0.3 is 0 Å². The second-order valence-corrected chi connectivity index (χ2v) is 4.48. The molecule has 0 bridgehead atoms. The maximum Gasteiger partial charge on any atom is 0.263 e. The van der Waals surface area contributed by atoms with Crippen molar-refractivity contribution in [3.8, 4) is 5.75 Å². The molecule has 0 radical (unpaired) electrons. The standard InChI is InChI=1S/C15H17N3O3/c1-11-9-13(19)12(15(20)18(11)7-8-21-2)10-17-14-5-3-4-6-16-14/h3-6,9-10,19H,7-8H2,1-2H3/b17-10+. The summed E-state index contributed by atoms with van der Waals surface area (Å²) in [6.07, 6.45) is 2.95. The summed E-state index contributed by atoms with van der Waals surface area (Å²) in [5.74, 6) is 0.381. The van der Waals surface area contributed by atoms with E-state index in [9.17, 15) is 9.90 Å². The van der Waals surface area contributed by atoms with Crippen LogP contribution in [0.4, 0.5) is 5.82 Å². The highest BCUT2D eigenvalue weighted by Gasteiger charge is 2.10. The van der Waals surface area contributed by atoms with Gasteiger partial charge in [0, 0.05) is 37.8 Å². The normalized spacial score (nSPS) is 11.1. The Balaban J connectivity index is 2.39. The molecule has 1 N–H and O–H groups in total. The van der Waals surface area contributed by atoms with Gasteiger partial charge in [-0.25, -0.2) is 9.98 Å². The molecule has 0 amide bonds. The summed E-state index contributed by atoms with van der Waals surface area (Å²) in [5, 5.41) is 9.94. The van der Waals surface area contributed by atoms with E-state index in [2.05, 4.69) is 9.98 Å². The molecule has 0 aromatic carbocycles. The molecule has 2 aromatic heterocycles. The molecule has 2 rings (SSSR count). The Labute approximate surface area is 122 Å². The number of methoxy groups -OCH3 is 1. The van der Waals surface area contributed by atoms with Crippen molar-refractivity contribution >= 4 is 12.0 Å². The molecule has 0 saturated carbocycles. The van der Waals surface area contributed by atoms with Crippen LogP contribution in [0.25, 0.3) is 0 Å². The molecule has 6 heteroatoms. The first-order valence-corrected chi connectivity index (χ1v) is 6.51. The van der Waals surface area contributed by atoms with Gasteiger partial charge in [-0.15, -0.1) is 0 Å². The fraction of sp³-hybridized carbons (Fsp3) is 0.267. The zero-order valence-electron chi connectivity index (χ0n) is 12.0. The molecule has 0 unspecified atom stereocenters. The minimum atomic E-state index is -0.302. The van der Waals surface area contributed by atoms with E-state index < -0.39 is 0 Å². The number of pyridine rings is 2. The topological polar surface area (TPSA) is 76.7 Å². The van der Waals surface area contributed by atoms with Crippen molar-refractivity contribution in [2.24, 2.45) is 4.99 Å². The molecule has 0 fully saturated rings. The van der Waals surface area contributed by atoms with Crippen molar-refractivity contribution in [1.29, 1.82) is 0 Å². The third kappa shape index (κ3) is 3.55. The first kappa shape index (κ1) is 14.9. The summed E-state index contributed by atoms with van der Waals surface area (Å²) >= 11 is 0. The number of aryl methyl sites for hydroxylation is 1. The highest BCUT2D eigenvalue weighted by Crippen LogP contribution is 2.14. The maximum atomic E-state index is 12.4. The Hall–Kier alpha value is -2.47. The molecule has 2 aromatic rings. The molecule has 6 nitrogen and oxygen atoms in total. The minimum absolute atomic E-state index is 0.0918. The molecular formula is C15H17N3O3. The van der Waals surface area contributed by atoms with Crippen molar-refractivity contribution in [3.63, 3.8) is 0 Å². The number of aromatic hydroxyl groups is 1. The van der Waals surface area contributed by atoms with E-state index in [1.54, 1.807) is 43.0 Å². The van der Waals surface area contributed by atoms with Gasteiger partial charge in [-0.05, 0) is 19.1 Å². The number of aromatic nitrogens is 2. The first-order chi connectivity index (χ1) is 10.1. The van der Waals surface area contributed by atoms with Crippen LogP contribution < -0.4 is 5.56 Å². The summed E-state index contributed by atoms with van der Waals surface area (Å²) in [5.41, 5.74) is 0.510. The lowest BCUT2D eigenvalue weighted by Crippen LogP contribution is -2.27. The third-order valence-corrected chi connectivity index (χ3v) is 3.02. The number of rotatable bonds is 5. The van der Waals surface area contributed by atoms with Crippen LogP contribution >= 0.6 is 0 Å². The van der Waals surface area contributed by atoms with Gasteiger partial charge in [0.1, 0.15) is 11.3 Å². The van der Waals surface area contributed by atoms with Gasteiger partial charge in [0.05, 0.1) is 6.61 Å². The van der Waals surface area contributed by atoms with Crippen molar-refractivity contribution < 1.29 is 9.84 Å². The largest absolute Gasteiger partial charge is 0.507 e. The Morgan fingerprint density at radius 2 is 2.29 bits per heavy atom. The second kappa shape index (κ2) is 6.81. The molecule has 0 aliphatic carbocycles. The average molecular weight is 287 g/mol. The van der Waals surface area contributed by atoms with Crippen LogP contribution in [-0.4, -0.2) is 34.6 Å². The predicted molar refractivity (Wildman–Crippen MR) is 80.5 cm³/mol. The molecule has 0 aliphatic rings. The smallest absolute Gasteiger partial charge is 0.263 e. The highest BCUT2D eigenvalue weighted by atomic mass is 16.5. The number of nitrogens with zero attached hydrogens (tertiary/aromatic N) is 3. The number of ether oxygens (including phenoxy) is 1. The van der Waals surface area contributed by atoms with Gasteiger partial charge in [0.25, 0.3) is 5.56 Å². The third-order valence-electron chi connectivity index (χ3n) is 3.02. The van der Waals surface area contributed by atoms with E-state index in [4.69, 9.17) is 4.74 Å². The molecule has 0 atom stereocenters. The lowest BCUT2D eigenvalue weighted by atomic mass is 10.2. The van der Waals surface area contributed by atoms with Gasteiger partial charge in [-0.2, -0.15) is 0 Å². The van der Waals surface area contributed by atoms with Crippen molar-refractivity contribution in [2.45, 2.75) is 13.5 Å². The van der Waals surface area contributed by atoms with Crippen LogP contribution in [0.3, 0.4) is 0 Å². The summed E-state index contributed by atoms with van der Waals surface area (Å²) in [6, 6.07) is 6.83. The quantitative estimate of drug-likeness (QED) is 0.848. The van der Waals surface area contributed by atoms with Crippen molar-refractivity contribution in [2.75, 3.05) is 13.7 Å². The van der Waals surface area contributed by atoms with E-state index in [-0.39, 0.29) is 16.9 Å². The lowest BCUT2D eigenvalue weighted by molar-refractivity contribution is 0.185. The maximum absolute atomic E-state index is 12.4. The Kier molecular flexibility index (Phi) is 4.84. The summed E-state index contributed by atoms with van der Waals surface area (Å²) in [4.78, 5) is 20.5. The zero-order valence-corrected chi connectivity index (χ0v) is 12.0. The van der Waals surface area contributed by atoms with Crippen molar-refractivity contribution in [3.05, 3.63) is 52.1 Å². The van der Waals surface area contributed by atoms with Crippen LogP contribution in [0.2, 0.25) is 0 Å². The zero-order chi connectivity index (χ0) is 15.2. The summed E-state index contributed by atoms with van der Waals surface area (Å²) in [6.45, 7) is 2.60. The van der Waals surface area contributed by atoms with Crippen LogP contribution in [0.5, 0.6) is 5.75 Å². The fourth-order valence-corrected chi connectivity index (χ4v) is 1.91. The molecule has 21 heavy (non-hydrogen) atoms. The fourth-order valence-electron chi connectivity index (χ4n) is 1.91. The van der Waals surface area contributed by atoms with Crippen LogP contribution in [0, 0.1) is 6.92 Å². The van der Waals surface area contributed by atoms with E-state index in [0.717, 1.165) is 0 Å². The Bertz CT molecular complexity index is 693. The Morgan fingerprint density at radius 1 is 1.48 bits per heavy atom. The van der Waals surface area contributed by atoms with Gasteiger partial charge < -0.3 is 14.4 Å². The monoisotopic (exact) mass is 287 g/mol. The van der Waals surface area contributed by atoms with Gasteiger partial charge in [0.15, 0.2) is 5.82 Å². The first-order valence-electron chi connectivity index (χ1n) is 6.51. The molecule has 0 saturated heterocycles. The number of aliphatic imine (C=N–C) groups is 1. The van der Waals surface area contributed by atoms with E-state index >= 15 is 0 Å². The van der Waals surface area contributed by atoms with Crippen LogP contribution in [0.15, 0.2) is 40.2 Å². The van der Waals surface area contributed by atoms with Crippen molar-refractivity contribution in [1.82, 2.24) is 9.55 Å². The second-order valence-electron chi connectivity index (χ2n) is 4.48. The molecule has 110 valence electrons. The van der Waals surface area contributed by atoms with E-state index in [1.165, 1.54) is 12.3 Å².